The molecule has 0 aromatic carbocycles. The van der Waals surface area contributed by atoms with E-state index in [1.165, 1.54) is 12.0 Å². The summed E-state index contributed by atoms with van der Waals surface area (Å²) in [6.07, 6.45) is 7.95. The maximum Gasteiger partial charge on any atom is -0.0282 e. The molecule has 0 saturated heterocycles. The second-order valence-corrected chi connectivity index (χ2v) is 1.93. The number of hydrogen-bond donors (Lipinski definition) is 0. The predicted molar refractivity (Wildman–Crippen MR) is 54.7 cm³/mol. The van der Waals surface area contributed by atoms with E-state index in [0.29, 0.717) is 0 Å². The first-order chi connectivity index (χ1) is 5.35. The molecule has 0 unspecified atom stereocenters. The lowest BCUT2D eigenvalue weighted by atomic mass is 10.1. The molecule has 0 nitrogen and oxygen atoms in total. The van der Waals surface area contributed by atoms with E-state index >= 15 is 0 Å². The molecule has 0 amide bonds. The van der Waals surface area contributed by atoms with Crippen LogP contribution in [0, 0.1) is 0 Å². The average Bonchev–Trinajstić information content (AvgIpc) is 2.08. The van der Waals surface area contributed by atoms with Crippen molar-refractivity contribution in [2.45, 2.75) is 33.6 Å². The van der Waals surface area contributed by atoms with E-state index in [1.54, 1.807) is 6.08 Å². The zero-order chi connectivity index (χ0) is 9.11. The zero-order valence-electron chi connectivity index (χ0n) is 8.06. The third kappa shape index (κ3) is 9.22. The van der Waals surface area contributed by atoms with Crippen LogP contribution in [0.2, 0.25) is 0 Å². The van der Waals surface area contributed by atoms with E-state index < -0.39 is 0 Å². The van der Waals surface area contributed by atoms with Gasteiger partial charge in [0.2, 0.25) is 0 Å². The molecule has 0 atom stereocenters. The van der Waals surface area contributed by atoms with Gasteiger partial charge in [-0.3, -0.25) is 0 Å². The lowest BCUT2D eigenvalue weighted by Gasteiger charge is -1.93. The first-order valence-corrected chi connectivity index (χ1v) is 4.29. The zero-order valence-corrected chi connectivity index (χ0v) is 8.06. The van der Waals surface area contributed by atoms with Crippen LogP contribution in [0.25, 0.3) is 0 Å². The smallest absolute Gasteiger partial charge is 0.0282 e. The van der Waals surface area contributed by atoms with Crippen molar-refractivity contribution < 1.29 is 0 Å². The van der Waals surface area contributed by atoms with Gasteiger partial charge < -0.3 is 0 Å². The van der Waals surface area contributed by atoms with Gasteiger partial charge in [0.05, 0.1) is 0 Å². The second kappa shape index (κ2) is 12.0. The molecule has 0 spiro atoms. The first kappa shape index (κ1) is 12.9. The van der Waals surface area contributed by atoms with Gasteiger partial charge in [0.25, 0.3) is 0 Å². The molecule has 0 heteroatoms. The van der Waals surface area contributed by atoms with Crippen molar-refractivity contribution in [1.29, 1.82) is 0 Å². The van der Waals surface area contributed by atoms with E-state index in [1.807, 2.05) is 26.0 Å². The summed E-state index contributed by atoms with van der Waals surface area (Å²) in [6.45, 7) is 13.4. The van der Waals surface area contributed by atoms with Gasteiger partial charge in [-0.05, 0) is 12.0 Å². The summed E-state index contributed by atoms with van der Waals surface area (Å²) in [4.78, 5) is 0. The molecular weight excluding hydrogens is 132 g/mol. The van der Waals surface area contributed by atoms with Crippen LogP contribution in [0.1, 0.15) is 33.6 Å². The molecule has 0 radical (unpaired) electrons. The summed E-state index contributed by atoms with van der Waals surface area (Å²) in [6, 6.07) is 0. The molecule has 0 aromatic heterocycles. The first-order valence-electron chi connectivity index (χ1n) is 4.29. The summed E-state index contributed by atoms with van der Waals surface area (Å²) < 4.78 is 0. The molecule has 0 saturated carbocycles. The Morgan fingerprint density at radius 3 is 2.09 bits per heavy atom. The van der Waals surface area contributed by atoms with Crippen molar-refractivity contribution in [3.05, 3.63) is 37.0 Å². The Labute approximate surface area is 71.3 Å². The van der Waals surface area contributed by atoms with Gasteiger partial charge in [-0.1, -0.05) is 58.6 Å². The summed E-state index contributed by atoms with van der Waals surface area (Å²) >= 11 is 0. The number of hydrogen-bond acceptors (Lipinski definition) is 0. The van der Waals surface area contributed by atoms with Crippen LogP contribution in [0.5, 0.6) is 0 Å². The quantitative estimate of drug-likeness (QED) is 0.532. The Morgan fingerprint density at radius 2 is 1.82 bits per heavy atom. The molecule has 0 aliphatic heterocycles. The van der Waals surface area contributed by atoms with E-state index in [4.69, 9.17) is 0 Å². The minimum Gasteiger partial charge on any atom is -0.0991 e. The van der Waals surface area contributed by atoms with Crippen LogP contribution >= 0.6 is 0 Å². The normalized spacial score (nSPS) is 9.55. The van der Waals surface area contributed by atoms with Gasteiger partial charge in [-0.15, -0.1) is 0 Å². The van der Waals surface area contributed by atoms with Crippen LogP contribution in [0.4, 0.5) is 0 Å². The standard InChI is InChI=1S/C9H14.C2H6/c1-4-7-9(6-3)8-5-2;1-2/h4,6-7H,1,3,5,8H2,2H3;1-2H3/b9-7+;. The summed E-state index contributed by atoms with van der Waals surface area (Å²) in [7, 11) is 0. The number of allylic oxidation sites excluding steroid dienone is 4. The fourth-order valence-corrected chi connectivity index (χ4v) is 0.693. The third-order valence-electron chi connectivity index (χ3n) is 1.13. The molecule has 0 aliphatic rings. The monoisotopic (exact) mass is 152 g/mol. The molecule has 0 aliphatic carbocycles. The van der Waals surface area contributed by atoms with Crippen LogP contribution in [0.15, 0.2) is 37.0 Å². The molecule has 0 aromatic rings. The minimum absolute atomic E-state index is 1.11. The van der Waals surface area contributed by atoms with E-state index in [0.717, 1.165) is 6.42 Å². The van der Waals surface area contributed by atoms with Crippen molar-refractivity contribution in [3.8, 4) is 0 Å². The van der Waals surface area contributed by atoms with Crippen molar-refractivity contribution in [1.82, 2.24) is 0 Å². The summed E-state index contributed by atoms with van der Waals surface area (Å²) in [5, 5.41) is 0. The highest BCUT2D eigenvalue weighted by atomic mass is 13.9. The van der Waals surface area contributed by atoms with Gasteiger partial charge >= 0.3 is 0 Å². The Bertz CT molecular complexity index is 118. The molecule has 0 N–H and O–H groups in total. The molecule has 11 heavy (non-hydrogen) atoms. The Kier molecular flexibility index (Phi) is 14.0. The van der Waals surface area contributed by atoms with E-state index in [9.17, 15) is 0 Å². The molecule has 0 fully saturated rings. The van der Waals surface area contributed by atoms with Crippen molar-refractivity contribution in [3.63, 3.8) is 0 Å². The predicted octanol–water partition coefficient (Wildman–Crippen LogP) is 4.11. The fourth-order valence-electron chi connectivity index (χ4n) is 0.693. The van der Waals surface area contributed by atoms with Gasteiger partial charge in [0, 0.05) is 0 Å². The highest BCUT2D eigenvalue weighted by Crippen LogP contribution is 2.04. The molecular formula is C11H20. The van der Waals surface area contributed by atoms with Crippen LogP contribution in [-0.4, -0.2) is 0 Å². The lowest BCUT2D eigenvalue weighted by molar-refractivity contribution is 0.927. The SMILES string of the molecule is C=C/C=C(\C=C)CCC.CC. The molecule has 0 rings (SSSR count). The van der Waals surface area contributed by atoms with Gasteiger partial charge in [0.1, 0.15) is 0 Å². The van der Waals surface area contributed by atoms with Crippen molar-refractivity contribution >= 4 is 0 Å². The van der Waals surface area contributed by atoms with Crippen molar-refractivity contribution in [2.24, 2.45) is 0 Å². The van der Waals surface area contributed by atoms with Crippen molar-refractivity contribution in [2.75, 3.05) is 0 Å². The van der Waals surface area contributed by atoms with Gasteiger partial charge in [-0.2, -0.15) is 0 Å². The average molecular weight is 152 g/mol. The Hall–Kier alpha value is -0.780. The van der Waals surface area contributed by atoms with Crippen LogP contribution in [0.3, 0.4) is 0 Å². The van der Waals surface area contributed by atoms with Crippen LogP contribution in [-0.2, 0) is 0 Å². The molecule has 0 heterocycles. The second-order valence-electron chi connectivity index (χ2n) is 1.93. The third-order valence-corrected chi connectivity index (χ3v) is 1.13. The maximum absolute atomic E-state index is 3.68. The van der Waals surface area contributed by atoms with Gasteiger partial charge in [-0.25, -0.2) is 0 Å². The number of rotatable bonds is 4. The minimum atomic E-state index is 1.11. The topological polar surface area (TPSA) is 0 Å². The molecule has 64 valence electrons. The highest BCUT2D eigenvalue weighted by Gasteiger charge is 1.84. The van der Waals surface area contributed by atoms with Gasteiger partial charge in [0.15, 0.2) is 0 Å². The fraction of sp³-hybridized carbons (Fsp3) is 0.455. The summed E-state index contributed by atoms with van der Waals surface area (Å²) in [5.74, 6) is 0. The lowest BCUT2D eigenvalue weighted by Crippen LogP contribution is -1.73. The van der Waals surface area contributed by atoms with Crippen LogP contribution < -0.4 is 0 Å². The Morgan fingerprint density at radius 1 is 1.27 bits per heavy atom. The molecule has 0 bridgehead atoms. The summed E-state index contributed by atoms with van der Waals surface area (Å²) in [5.41, 5.74) is 1.27. The highest BCUT2D eigenvalue weighted by molar-refractivity contribution is 5.20. The van der Waals surface area contributed by atoms with E-state index in [-0.39, 0.29) is 0 Å². The largest absolute Gasteiger partial charge is 0.0991 e. The van der Waals surface area contributed by atoms with E-state index in [2.05, 4.69) is 20.1 Å². The Balaban J connectivity index is 0. The maximum atomic E-state index is 3.68.